The highest BCUT2D eigenvalue weighted by molar-refractivity contribution is 6.10. The van der Waals surface area contributed by atoms with Crippen molar-refractivity contribution >= 4 is 17.4 Å². The maximum Gasteiger partial charge on any atom is 0.261 e. The highest BCUT2D eigenvalue weighted by Gasteiger charge is 2.47. The van der Waals surface area contributed by atoms with Crippen LogP contribution in [0, 0.1) is 6.92 Å². The van der Waals surface area contributed by atoms with Crippen LogP contribution in [0.4, 0.5) is 5.69 Å². The van der Waals surface area contributed by atoms with Crippen LogP contribution in [0.1, 0.15) is 27.9 Å². The average Bonchev–Trinajstić information content (AvgIpc) is 2.92. The van der Waals surface area contributed by atoms with Crippen molar-refractivity contribution in [2.45, 2.75) is 18.9 Å². The Morgan fingerprint density at radius 2 is 1.78 bits per heavy atom. The van der Waals surface area contributed by atoms with E-state index in [1.165, 1.54) is 27.4 Å². The SMILES string of the molecule is COc1ccc(C(=O)C[C@]2(O)C(=O)Nc3c(C)cccc32)c(OC)c1OC. The molecule has 142 valence electrons. The Hall–Kier alpha value is -3.06. The maximum atomic E-state index is 13.0. The molecular weight excluding hydrogens is 350 g/mol. The average molecular weight is 371 g/mol. The van der Waals surface area contributed by atoms with Crippen LogP contribution in [0.3, 0.4) is 0 Å². The number of aliphatic hydroxyl groups is 1. The third-order valence-corrected chi connectivity index (χ3v) is 4.75. The molecular formula is C20H21NO6. The number of anilines is 1. The van der Waals surface area contributed by atoms with E-state index in [9.17, 15) is 14.7 Å². The predicted molar refractivity (Wildman–Crippen MR) is 98.8 cm³/mol. The molecule has 2 aromatic carbocycles. The van der Waals surface area contributed by atoms with Gasteiger partial charge in [0.1, 0.15) is 0 Å². The summed E-state index contributed by atoms with van der Waals surface area (Å²) >= 11 is 0. The number of Topliss-reactive ketones (excluding diaryl/α,β-unsaturated/α-hetero) is 1. The van der Waals surface area contributed by atoms with Gasteiger partial charge >= 0.3 is 0 Å². The Kier molecular flexibility index (Phi) is 4.80. The zero-order valence-electron chi connectivity index (χ0n) is 15.6. The Bertz CT molecular complexity index is 923. The summed E-state index contributed by atoms with van der Waals surface area (Å²) in [6.07, 6.45) is -0.429. The number of methoxy groups -OCH3 is 3. The Labute approximate surface area is 156 Å². The van der Waals surface area contributed by atoms with Crippen molar-refractivity contribution < 1.29 is 28.9 Å². The number of benzene rings is 2. The molecule has 1 aliphatic heterocycles. The third-order valence-electron chi connectivity index (χ3n) is 4.75. The molecule has 0 saturated heterocycles. The summed E-state index contributed by atoms with van der Waals surface area (Å²) in [4.78, 5) is 25.4. The van der Waals surface area contributed by atoms with Crippen molar-refractivity contribution in [2.24, 2.45) is 0 Å². The van der Waals surface area contributed by atoms with E-state index in [-0.39, 0.29) is 17.1 Å². The number of ketones is 1. The van der Waals surface area contributed by atoms with E-state index in [4.69, 9.17) is 14.2 Å². The van der Waals surface area contributed by atoms with Gasteiger partial charge in [0.2, 0.25) is 5.75 Å². The molecule has 1 heterocycles. The summed E-state index contributed by atoms with van der Waals surface area (Å²) in [5.74, 6) is -0.220. The van der Waals surface area contributed by atoms with Gasteiger partial charge in [-0.25, -0.2) is 0 Å². The molecule has 7 nitrogen and oxygen atoms in total. The van der Waals surface area contributed by atoms with Gasteiger partial charge in [-0.1, -0.05) is 18.2 Å². The monoisotopic (exact) mass is 371 g/mol. The fraction of sp³-hybridized carbons (Fsp3) is 0.300. The van der Waals surface area contributed by atoms with E-state index in [1.54, 1.807) is 18.2 Å². The summed E-state index contributed by atoms with van der Waals surface area (Å²) in [5.41, 5.74) is -0.0147. The van der Waals surface area contributed by atoms with Gasteiger partial charge in [0.15, 0.2) is 22.9 Å². The lowest BCUT2D eigenvalue weighted by Crippen LogP contribution is -2.36. The molecule has 0 unspecified atom stereocenters. The van der Waals surface area contributed by atoms with Gasteiger partial charge in [-0.05, 0) is 24.6 Å². The number of carbonyl (C=O) groups is 2. The van der Waals surface area contributed by atoms with Crippen LogP contribution >= 0.6 is 0 Å². The maximum absolute atomic E-state index is 13.0. The molecule has 2 aromatic rings. The first-order chi connectivity index (χ1) is 12.9. The van der Waals surface area contributed by atoms with Gasteiger partial charge in [0.05, 0.1) is 39.0 Å². The van der Waals surface area contributed by atoms with Gasteiger partial charge in [-0.2, -0.15) is 0 Å². The molecule has 1 atom stereocenters. The zero-order valence-corrected chi connectivity index (χ0v) is 15.6. The second-order valence-electron chi connectivity index (χ2n) is 6.29. The summed E-state index contributed by atoms with van der Waals surface area (Å²) in [6.45, 7) is 1.82. The van der Waals surface area contributed by atoms with Crippen LogP contribution in [0.2, 0.25) is 0 Å². The third kappa shape index (κ3) is 2.90. The minimum Gasteiger partial charge on any atom is -0.493 e. The standard InChI is InChI=1S/C20H21NO6/c1-11-6-5-7-13-16(11)21-19(23)20(13,24)10-14(22)12-8-9-15(25-2)18(27-4)17(12)26-3/h5-9,24H,10H2,1-4H3,(H,21,23)/t20-/m1/s1. The largest absolute Gasteiger partial charge is 0.493 e. The molecule has 1 amide bonds. The quantitative estimate of drug-likeness (QED) is 0.758. The topological polar surface area (TPSA) is 94.1 Å². The van der Waals surface area contributed by atoms with Crippen LogP contribution < -0.4 is 19.5 Å². The zero-order chi connectivity index (χ0) is 19.8. The van der Waals surface area contributed by atoms with Crippen molar-refractivity contribution in [2.75, 3.05) is 26.6 Å². The van der Waals surface area contributed by atoms with E-state index >= 15 is 0 Å². The lowest BCUT2D eigenvalue weighted by molar-refractivity contribution is -0.133. The Morgan fingerprint density at radius 1 is 1.07 bits per heavy atom. The minimum absolute atomic E-state index is 0.188. The van der Waals surface area contributed by atoms with Crippen molar-refractivity contribution in [3.63, 3.8) is 0 Å². The number of aryl methyl sites for hydroxylation is 1. The number of amides is 1. The molecule has 0 radical (unpaired) electrons. The second-order valence-corrected chi connectivity index (χ2v) is 6.29. The van der Waals surface area contributed by atoms with Crippen LogP contribution in [-0.2, 0) is 10.4 Å². The van der Waals surface area contributed by atoms with Crippen molar-refractivity contribution in [1.82, 2.24) is 0 Å². The molecule has 1 aliphatic rings. The lowest BCUT2D eigenvalue weighted by atomic mass is 9.87. The normalized spacial score (nSPS) is 17.9. The van der Waals surface area contributed by atoms with Crippen LogP contribution in [0.5, 0.6) is 17.2 Å². The van der Waals surface area contributed by atoms with E-state index in [1.807, 2.05) is 13.0 Å². The highest BCUT2D eigenvalue weighted by Crippen LogP contribution is 2.44. The first-order valence-corrected chi connectivity index (χ1v) is 8.33. The molecule has 27 heavy (non-hydrogen) atoms. The van der Waals surface area contributed by atoms with E-state index in [0.717, 1.165) is 5.56 Å². The van der Waals surface area contributed by atoms with Gasteiger partial charge in [-0.3, -0.25) is 9.59 Å². The summed E-state index contributed by atoms with van der Waals surface area (Å²) in [6, 6.07) is 8.30. The first-order valence-electron chi connectivity index (χ1n) is 8.33. The van der Waals surface area contributed by atoms with Gasteiger partial charge in [0.25, 0.3) is 5.91 Å². The second kappa shape index (κ2) is 6.92. The van der Waals surface area contributed by atoms with Crippen molar-refractivity contribution in [3.05, 3.63) is 47.0 Å². The number of hydrogen-bond donors (Lipinski definition) is 2. The molecule has 0 bridgehead atoms. The van der Waals surface area contributed by atoms with Crippen LogP contribution in [0.15, 0.2) is 30.3 Å². The Morgan fingerprint density at radius 3 is 2.41 bits per heavy atom. The summed E-state index contributed by atoms with van der Waals surface area (Å²) in [5, 5.41) is 13.7. The first kappa shape index (κ1) is 18.7. The molecule has 7 heteroatoms. The number of rotatable bonds is 6. The smallest absolute Gasteiger partial charge is 0.261 e. The van der Waals surface area contributed by atoms with Gasteiger partial charge < -0.3 is 24.6 Å². The molecule has 2 N–H and O–H groups in total. The number of ether oxygens (including phenoxy) is 3. The fourth-order valence-electron chi connectivity index (χ4n) is 3.34. The number of hydrogen-bond acceptors (Lipinski definition) is 6. The molecule has 0 spiro atoms. The number of para-hydroxylation sites is 1. The van der Waals surface area contributed by atoms with Crippen molar-refractivity contribution in [1.29, 1.82) is 0 Å². The minimum atomic E-state index is -1.95. The van der Waals surface area contributed by atoms with E-state index in [2.05, 4.69) is 5.32 Å². The number of fused-ring (bicyclic) bond motifs is 1. The molecule has 0 aromatic heterocycles. The molecule has 0 saturated carbocycles. The molecule has 3 rings (SSSR count). The molecule has 0 aliphatic carbocycles. The highest BCUT2D eigenvalue weighted by atomic mass is 16.5. The lowest BCUT2D eigenvalue weighted by Gasteiger charge is -2.21. The number of carbonyl (C=O) groups excluding carboxylic acids is 2. The fourth-order valence-corrected chi connectivity index (χ4v) is 3.34. The molecule has 0 fully saturated rings. The van der Waals surface area contributed by atoms with Crippen LogP contribution in [-0.4, -0.2) is 38.1 Å². The van der Waals surface area contributed by atoms with Crippen molar-refractivity contribution in [3.8, 4) is 17.2 Å². The summed E-state index contributed by atoms with van der Waals surface area (Å²) < 4.78 is 15.8. The van der Waals surface area contributed by atoms with Gasteiger partial charge in [0, 0.05) is 5.56 Å². The van der Waals surface area contributed by atoms with Gasteiger partial charge in [-0.15, -0.1) is 0 Å². The van der Waals surface area contributed by atoms with E-state index < -0.39 is 23.7 Å². The summed E-state index contributed by atoms with van der Waals surface area (Å²) in [7, 11) is 4.32. The Balaban J connectivity index is 2.02. The van der Waals surface area contributed by atoms with E-state index in [0.29, 0.717) is 17.0 Å². The predicted octanol–water partition coefficient (Wildman–Crippen LogP) is 2.43. The van der Waals surface area contributed by atoms with Crippen LogP contribution in [0.25, 0.3) is 0 Å². The number of nitrogens with one attached hydrogen (secondary N) is 1.